The van der Waals surface area contributed by atoms with Crippen LogP contribution in [0.3, 0.4) is 0 Å². The smallest absolute Gasteiger partial charge is 0.371 e. The zero-order valence-electron chi connectivity index (χ0n) is 14.4. The summed E-state index contributed by atoms with van der Waals surface area (Å²) in [4.78, 5) is 24.8. The SMILES string of the molecule is CC(O)c1ccc(N2C(=O)CCC2COCc2ccc(C(=O)O)o2)cc1. The standard InChI is InChI=1S/C19H21NO6/c1-12(21)13-2-4-14(5-3-13)20-15(6-9-18(20)22)10-25-11-16-7-8-17(26-16)19(23)24/h2-5,7-8,12,15,21H,6,9-11H2,1H3,(H,23,24). The van der Waals surface area contributed by atoms with Gasteiger partial charge in [-0.2, -0.15) is 0 Å². The number of hydrogen-bond acceptors (Lipinski definition) is 5. The molecule has 1 saturated heterocycles. The first-order chi connectivity index (χ1) is 12.5. The molecule has 0 aliphatic carbocycles. The lowest BCUT2D eigenvalue weighted by Gasteiger charge is -2.25. The van der Waals surface area contributed by atoms with Crippen LogP contribution in [0.25, 0.3) is 0 Å². The van der Waals surface area contributed by atoms with E-state index in [2.05, 4.69) is 0 Å². The number of carboxylic acid groups (broad SMARTS) is 1. The summed E-state index contributed by atoms with van der Waals surface area (Å²) < 4.78 is 10.8. The first-order valence-corrected chi connectivity index (χ1v) is 8.45. The molecule has 1 aliphatic rings. The molecule has 7 nitrogen and oxygen atoms in total. The van der Waals surface area contributed by atoms with Crippen LogP contribution >= 0.6 is 0 Å². The number of aliphatic hydroxyl groups excluding tert-OH is 1. The molecular formula is C19H21NO6. The van der Waals surface area contributed by atoms with Gasteiger partial charge in [0.15, 0.2) is 0 Å². The first kappa shape index (κ1) is 18.2. The second kappa shape index (κ2) is 7.72. The van der Waals surface area contributed by atoms with Crippen molar-refractivity contribution < 1.29 is 29.0 Å². The average Bonchev–Trinajstić information content (AvgIpc) is 3.22. The van der Waals surface area contributed by atoms with Gasteiger partial charge >= 0.3 is 5.97 Å². The highest BCUT2D eigenvalue weighted by Gasteiger charge is 2.32. The van der Waals surface area contributed by atoms with Gasteiger partial charge in [-0.05, 0) is 43.2 Å². The average molecular weight is 359 g/mol. The molecule has 1 aromatic heterocycles. The number of carboxylic acids is 1. The van der Waals surface area contributed by atoms with E-state index in [0.717, 1.165) is 11.3 Å². The molecule has 0 bridgehead atoms. The van der Waals surface area contributed by atoms with Crippen molar-refractivity contribution in [1.29, 1.82) is 0 Å². The molecular weight excluding hydrogens is 338 g/mol. The van der Waals surface area contributed by atoms with Crippen molar-refractivity contribution in [3.63, 3.8) is 0 Å². The van der Waals surface area contributed by atoms with Gasteiger partial charge in [-0.3, -0.25) is 4.79 Å². The first-order valence-electron chi connectivity index (χ1n) is 8.45. The fourth-order valence-electron chi connectivity index (χ4n) is 3.04. The van der Waals surface area contributed by atoms with E-state index in [-0.39, 0.29) is 24.3 Å². The Morgan fingerprint density at radius 1 is 1.31 bits per heavy atom. The van der Waals surface area contributed by atoms with Crippen molar-refractivity contribution >= 4 is 17.6 Å². The maximum atomic E-state index is 12.3. The third-order valence-corrected chi connectivity index (χ3v) is 4.41. The molecule has 1 aromatic carbocycles. The largest absolute Gasteiger partial charge is 0.475 e. The van der Waals surface area contributed by atoms with Crippen LogP contribution in [0, 0.1) is 0 Å². The lowest BCUT2D eigenvalue weighted by Crippen LogP contribution is -2.36. The quantitative estimate of drug-likeness (QED) is 0.788. The molecule has 2 heterocycles. The number of amides is 1. The van der Waals surface area contributed by atoms with Gasteiger partial charge in [0.1, 0.15) is 12.4 Å². The molecule has 138 valence electrons. The molecule has 1 aliphatic heterocycles. The van der Waals surface area contributed by atoms with Crippen LogP contribution < -0.4 is 4.90 Å². The van der Waals surface area contributed by atoms with Crippen LogP contribution in [-0.2, 0) is 16.1 Å². The Labute approximate surface area is 150 Å². The topological polar surface area (TPSA) is 100 Å². The second-order valence-electron chi connectivity index (χ2n) is 6.31. The molecule has 0 spiro atoms. The maximum Gasteiger partial charge on any atom is 0.371 e. The van der Waals surface area contributed by atoms with Gasteiger partial charge in [0, 0.05) is 12.1 Å². The number of ether oxygens (including phenoxy) is 1. The van der Waals surface area contributed by atoms with Crippen LogP contribution in [0.5, 0.6) is 0 Å². The number of furan rings is 1. The number of carbonyl (C=O) groups excluding carboxylic acids is 1. The third-order valence-electron chi connectivity index (χ3n) is 4.41. The molecule has 1 amide bonds. The molecule has 3 rings (SSSR count). The Hall–Kier alpha value is -2.64. The Kier molecular flexibility index (Phi) is 5.39. The summed E-state index contributed by atoms with van der Waals surface area (Å²) in [5.74, 6) is -0.780. The Balaban J connectivity index is 1.61. The number of rotatable bonds is 7. The molecule has 1 fully saturated rings. The lowest BCUT2D eigenvalue weighted by molar-refractivity contribution is -0.117. The van der Waals surface area contributed by atoms with Gasteiger partial charge in [0.05, 0.1) is 18.8 Å². The summed E-state index contributed by atoms with van der Waals surface area (Å²) in [7, 11) is 0. The number of aromatic carboxylic acids is 1. The van der Waals surface area contributed by atoms with Gasteiger partial charge < -0.3 is 24.3 Å². The van der Waals surface area contributed by atoms with Crippen LogP contribution in [0.15, 0.2) is 40.8 Å². The minimum absolute atomic E-state index is 0.0366. The zero-order chi connectivity index (χ0) is 18.7. The summed E-state index contributed by atoms with van der Waals surface area (Å²) in [5, 5.41) is 18.4. The van der Waals surface area contributed by atoms with E-state index in [1.807, 2.05) is 12.1 Å². The predicted molar refractivity (Wildman–Crippen MR) is 92.9 cm³/mol. The summed E-state index contributed by atoms with van der Waals surface area (Å²) in [6.07, 6.45) is 0.590. The summed E-state index contributed by atoms with van der Waals surface area (Å²) >= 11 is 0. The van der Waals surface area contributed by atoms with Crippen molar-refractivity contribution in [2.45, 2.75) is 38.5 Å². The molecule has 2 atom stereocenters. The molecule has 26 heavy (non-hydrogen) atoms. The lowest BCUT2D eigenvalue weighted by atomic mass is 10.1. The minimum atomic E-state index is -1.12. The van der Waals surface area contributed by atoms with Gasteiger partial charge in [-0.15, -0.1) is 0 Å². The monoisotopic (exact) mass is 359 g/mol. The van der Waals surface area contributed by atoms with E-state index >= 15 is 0 Å². The Bertz CT molecular complexity index is 780. The molecule has 0 saturated carbocycles. The highest BCUT2D eigenvalue weighted by atomic mass is 16.5. The van der Waals surface area contributed by atoms with E-state index in [0.29, 0.717) is 25.2 Å². The highest BCUT2D eigenvalue weighted by molar-refractivity contribution is 5.96. The third kappa shape index (κ3) is 3.95. The van der Waals surface area contributed by atoms with Crippen LogP contribution in [0.4, 0.5) is 5.69 Å². The molecule has 7 heteroatoms. The van der Waals surface area contributed by atoms with Crippen LogP contribution in [0.2, 0.25) is 0 Å². The van der Waals surface area contributed by atoms with Gasteiger partial charge in [-0.25, -0.2) is 4.79 Å². The van der Waals surface area contributed by atoms with Crippen LogP contribution in [0.1, 0.15) is 47.7 Å². The normalized spacial score (nSPS) is 18.3. The van der Waals surface area contributed by atoms with Crippen molar-refractivity contribution in [3.8, 4) is 0 Å². The fraction of sp³-hybridized carbons (Fsp3) is 0.368. The number of aliphatic hydroxyl groups is 1. The predicted octanol–water partition coefficient (Wildman–Crippen LogP) is 2.74. The summed E-state index contributed by atoms with van der Waals surface area (Å²) in [6, 6.07) is 10.1. The van der Waals surface area contributed by atoms with Crippen molar-refractivity contribution in [3.05, 3.63) is 53.5 Å². The molecule has 0 radical (unpaired) electrons. The van der Waals surface area contributed by atoms with E-state index < -0.39 is 12.1 Å². The number of hydrogen-bond donors (Lipinski definition) is 2. The zero-order valence-corrected chi connectivity index (χ0v) is 14.4. The highest BCUT2D eigenvalue weighted by Crippen LogP contribution is 2.28. The van der Waals surface area contributed by atoms with Crippen molar-refractivity contribution in [1.82, 2.24) is 0 Å². The van der Waals surface area contributed by atoms with Crippen molar-refractivity contribution in [2.75, 3.05) is 11.5 Å². The summed E-state index contributed by atoms with van der Waals surface area (Å²) in [5.41, 5.74) is 1.57. The second-order valence-corrected chi connectivity index (χ2v) is 6.31. The van der Waals surface area contributed by atoms with Gasteiger partial charge in [0.25, 0.3) is 0 Å². The van der Waals surface area contributed by atoms with E-state index in [1.165, 1.54) is 6.07 Å². The Morgan fingerprint density at radius 2 is 2.04 bits per heavy atom. The van der Waals surface area contributed by atoms with Crippen LogP contribution in [-0.4, -0.2) is 34.7 Å². The molecule has 2 unspecified atom stereocenters. The maximum absolute atomic E-state index is 12.3. The number of carbonyl (C=O) groups is 2. The van der Waals surface area contributed by atoms with Gasteiger partial charge in [0.2, 0.25) is 11.7 Å². The summed E-state index contributed by atoms with van der Waals surface area (Å²) in [6.45, 7) is 2.16. The number of anilines is 1. The van der Waals surface area contributed by atoms with Crippen molar-refractivity contribution in [2.24, 2.45) is 0 Å². The molecule has 2 aromatic rings. The fourth-order valence-corrected chi connectivity index (χ4v) is 3.04. The van der Waals surface area contributed by atoms with E-state index in [9.17, 15) is 14.7 Å². The minimum Gasteiger partial charge on any atom is -0.475 e. The number of nitrogens with zero attached hydrogens (tertiary/aromatic N) is 1. The van der Waals surface area contributed by atoms with Gasteiger partial charge in [-0.1, -0.05) is 12.1 Å². The Morgan fingerprint density at radius 3 is 2.65 bits per heavy atom. The number of benzene rings is 1. The molecule has 2 N–H and O–H groups in total. The van der Waals surface area contributed by atoms with E-state index in [4.69, 9.17) is 14.3 Å². The van der Waals surface area contributed by atoms with E-state index in [1.54, 1.807) is 30.0 Å².